The first-order valence-electron chi connectivity index (χ1n) is 11.7. The molecule has 0 fully saturated rings. The van der Waals surface area contributed by atoms with Crippen molar-refractivity contribution in [3.8, 4) is 28.4 Å². The largest absolute Gasteiger partial charge is 0.493 e. The Morgan fingerprint density at radius 3 is 2.60 bits per heavy atom. The molecular formula is C29H27NO5. The average molecular weight is 470 g/mol. The fourth-order valence-electron chi connectivity index (χ4n) is 4.35. The second kappa shape index (κ2) is 9.58. The molecule has 2 heterocycles. The predicted octanol–water partition coefficient (Wildman–Crippen LogP) is 6.62. The fraction of sp³-hybridized carbons (Fsp3) is 0.207. The second-order valence-electron chi connectivity index (χ2n) is 8.38. The van der Waals surface area contributed by atoms with Crippen molar-refractivity contribution in [3.05, 3.63) is 78.1 Å². The number of amides is 1. The minimum absolute atomic E-state index is 0.241. The maximum absolute atomic E-state index is 12.9. The van der Waals surface area contributed by atoms with Crippen LogP contribution in [0.1, 0.15) is 25.0 Å². The molecule has 0 aliphatic carbocycles. The smallest absolute Gasteiger partial charge is 0.248 e. The van der Waals surface area contributed by atoms with Crippen LogP contribution in [0, 0.1) is 6.92 Å². The van der Waals surface area contributed by atoms with E-state index in [2.05, 4.69) is 17.4 Å². The van der Waals surface area contributed by atoms with Crippen molar-refractivity contribution in [2.75, 3.05) is 25.1 Å². The van der Waals surface area contributed by atoms with Gasteiger partial charge >= 0.3 is 0 Å². The lowest BCUT2D eigenvalue weighted by molar-refractivity contribution is -0.111. The molecule has 3 aromatic carbocycles. The number of hydrogen-bond acceptors (Lipinski definition) is 5. The molecule has 0 spiro atoms. The van der Waals surface area contributed by atoms with Gasteiger partial charge in [-0.2, -0.15) is 0 Å². The SMILES string of the molecule is CCOc1c(/C(C)=C/C(=O)Nc2ccc3c(c2)OCCO3)cc2c(-c3ccccc3)coc2c1C. The predicted molar refractivity (Wildman–Crippen MR) is 137 cm³/mol. The quantitative estimate of drug-likeness (QED) is 0.321. The van der Waals surface area contributed by atoms with E-state index in [-0.39, 0.29) is 5.91 Å². The fourth-order valence-corrected chi connectivity index (χ4v) is 4.35. The van der Waals surface area contributed by atoms with Crippen molar-refractivity contribution in [1.29, 1.82) is 0 Å². The summed E-state index contributed by atoms with van der Waals surface area (Å²) in [5.74, 6) is 1.79. The summed E-state index contributed by atoms with van der Waals surface area (Å²) >= 11 is 0. The number of allylic oxidation sites excluding steroid dienone is 1. The number of rotatable bonds is 6. The number of benzene rings is 3. The number of ether oxygens (including phenoxy) is 3. The van der Waals surface area contributed by atoms with Crippen molar-refractivity contribution < 1.29 is 23.4 Å². The van der Waals surface area contributed by atoms with Crippen molar-refractivity contribution >= 4 is 28.1 Å². The standard InChI is InChI=1S/C29H27NO5/c1-4-32-28-19(3)29-23(24(17-35-29)20-8-6-5-7-9-20)16-22(28)18(2)14-27(31)30-21-10-11-25-26(15-21)34-13-12-33-25/h5-11,14-17H,4,12-13H2,1-3H3,(H,30,31)/b18-14+. The summed E-state index contributed by atoms with van der Waals surface area (Å²) in [6.45, 7) is 7.35. The Hall–Kier alpha value is -4.19. The van der Waals surface area contributed by atoms with E-state index in [1.54, 1.807) is 30.5 Å². The van der Waals surface area contributed by atoms with Crippen molar-refractivity contribution in [2.24, 2.45) is 0 Å². The van der Waals surface area contributed by atoms with E-state index < -0.39 is 0 Å². The highest BCUT2D eigenvalue weighted by Crippen LogP contribution is 2.41. The summed E-state index contributed by atoms with van der Waals surface area (Å²) in [5, 5.41) is 3.90. The normalized spacial score (nSPS) is 13.1. The first-order valence-corrected chi connectivity index (χ1v) is 11.7. The zero-order valence-corrected chi connectivity index (χ0v) is 20.0. The van der Waals surface area contributed by atoms with E-state index >= 15 is 0 Å². The molecule has 0 bridgehead atoms. The minimum Gasteiger partial charge on any atom is -0.493 e. The molecule has 0 saturated carbocycles. The lowest BCUT2D eigenvalue weighted by atomic mass is 9.96. The zero-order chi connectivity index (χ0) is 24.4. The highest BCUT2D eigenvalue weighted by molar-refractivity contribution is 6.06. The van der Waals surface area contributed by atoms with Crippen LogP contribution in [-0.2, 0) is 4.79 Å². The van der Waals surface area contributed by atoms with Gasteiger partial charge in [0.25, 0.3) is 0 Å². The monoisotopic (exact) mass is 469 g/mol. The Bertz CT molecular complexity index is 1420. The second-order valence-corrected chi connectivity index (χ2v) is 8.38. The van der Waals surface area contributed by atoms with Gasteiger partial charge in [0, 0.05) is 39.9 Å². The lowest BCUT2D eigenvalue weighted by Gasteiger charge is -2.19. The number of aryl methyl sites for hydroxylation is 1. The number of nitrogens with one attached hydrogen (secondary N) is 1. The number of carbonyl (C=O) groups is 1. The molecular weight excluding hydrogens is 442 g/mol. The van der Waals surface area contributed by atoms with Crippen LogP contribution in [0.15, 0.2) is 71.4 Å². The highest BCUT2D eigenvalue weighted by atomic mass is 16.6. The lowest BCUT2D eigenvalue weighted by Crippen LogP contribution is -2.16. The Morgan fingerprint density at radius 1 is 1.06 bits per heavy atom. The van der Waals surface area contributed by atoms with Crippen LogP contribution in [-0.4, -0.2) is 25.7 Å². The summed E-state index contributed by atoms with van der Waals surface area (Å²) in [5.41, 5.74) is 6.04. The van der Waals surface area contributed by atoms with Crippen LogP contribution in [0.4, 0.5) is 5.69 Å². The molecule has 0 radical (unpaired) electrons. The molecule has 4 aromatic rings. The first-order chi connectivity index (χ1) is 17.0. The minimum atomic E-state index is -0.241. The van der Waals surface area contributed by atoms with Gasteiger partial charge in [0.15, 0.2) is 11.5 Å². The molecule has 6 heteroatoms. The van der Waals surface area contributed by atoms with E-state index in [0.29, 0.717) is 37.0 Å². The third kappa shape index (κ3) is 4.47. The van der Waals surface area contributed by atoms with Gasteiger partial charge < -0.3 is 23.9 Å². The molecule has 1 aromatic heterocycles. The molecule has 1 aliphatic heterocycles. The van der Waals surface area contributed by atoms with Crippen LogP contribution < -0.4 is 19.5 Å². The van der Waals surface area contributed by atoms with Crippen LogP contribution in [0.3, 0.4) is 0 Å². The maximum atomic E-state index is 12.9. The van der Waals surface area contributed by atoms with Gasteiger partial charge in [0.1, 0.15) is 24.5 Å². The molecule has 35 heavy (non-hydrogen) atoms. The average Bonchev–Trinajstić information content (AvgIpc) is 3.30. The van der Waals surface area contributed by atoms with Crippen molar-refractivity contribution in [2.45, 2.75) is 20.8 Å². The highest BCUT2D eigenvalue weighted by Gasteiger charge is 2.19. The molecule has 1 N–H and O–H groups in total. The van der Waals surface area contributed by atoms with Gasteiger partial charge in [0.2, 0.25) is 5.91 Å². The van der Waals surface area contributed by atoms with Crippen molar-refractivity contribution in [3.63, 3.8) is 0 Å². The van der Waals surface area contributed by atoms with E-state index in [9.17, 15) is 4.79 Å². The zero-order valence-electron chi connectivity index (χ0n) is 20.0. The Balaban J connectivity index is 1.50. The van der Waals surface area contributed by atoms with Gasteiger partial charge in [-0.15, -0.1) is 0 Å². The molecule has 0 atom stereocenters. The summed E-state index contributed by atoms with van der Waals surface area (Å²) in [6.07, 6.45) is 3.36. The summed E-state index contributed by atoms with van der Waals surface area (Å²) in [4.78, 5) is 12.9. The third-order valence-electron chi connectivity index (χ3n) is 6.00. The molecule has 1 amide bonds. The Labute approximate surface area is 204 Å². The van der Waals surface area contributed by atoms with Crippen LogP contribution in [0.25, 0.3) is 27.7 Å². The van der Waals surface area contributed by atoms with E-state index in [1.165, 1.54) is 0 Å². The number of furan rings is 1. The third-order valence-corrected chi connectivity index (χ3v) is 6.00. The molecule has 5 rings (SSSR count). The van der Waals surface area contributed by atoms with Gasteiger partial charge in [0.05, 0.1) is 12.9 Å². The molecule has 6 nitrogen and oxygen atoms in total. The number of anilines is 1. The number of carbonyl (C=O) groups excluding carboxylic acids is 1. The van der Waals surface area contributed by atoms with Gasteiger partial charge in [-0.1, -0.05) is 30.3 Å². The first kappa shape index (κ1) is 22.6. The topological polar surface area (TPSA) is 69.9 Å². The van der Waals surface area contributed by atoms with Gasteiger partial charge in [-0.3, -0.25) is 4.79 Å². The summed E-state index contributed by atoms with van der Waals surface area (Å²) in [6, 6.07) is 17.5. The maximum Gasteiger partial charge on any atom is 0.248 e. The summed E-state index contributed by atoms with van der Waals surface area (Å²) in [7, 11) is 0. The molecule has 1 aliphatic rings. The molecule has 0 unspecified atom stereocenters. The summed E-state index contributed by atoms with van der Waals surface area (Å²) < 4.78 is 23.1. The van der Waals surface area contributed by atoms with Crippen LogP contribution in [0.5, 0.6) is 17.2 Å². The Morgan fingerprint density at radius 2 is 1.83 bits per heavy atom. The van der Waals surface area contributed by atoms with Crippen molar-refractivity contribution in [1.82, 2.24) is 0 Å². The van der Waals surface area contributed by atoms with E-state index in [1.807, 2.05) is 45.0 Å². The van der Waals surface area contributed by atoms with Crippen LogP contribution in [0.2, 0.25) is 0 Å². The van der Waals surface area contributed by atoms with Gasteiger partial charge in [-0.05, 0) is 50.1 Å². The molecule has 0 saturated heterocycles. The van der Waals surface area contributed by atoms with E-state index in [0.717, 1.165) is 44.5 Å². The molecule has 178 valence electrons. The number of hydrogen-bond donors (Lipinski definition) is 1. The Kier molecular flexibility index (Phi) is 6.19. The van der Waals surface area contributed by atoms with Crippen LogP contribution >= 0.6 is 0 Å². The van der Waals surface area contributed by atoms with E-state index in [4.69, 9.17) is 18.6 Å². The van der Waals surface area contributed by atoms with Gasteiger partial charge in [-0.25, -0.2) is 0 Å². The number of fused-ring (bicyclic) bond motifs is 2.